The molecule has 1 aromatic carbocycles. The minimum absolute atomic E-state index is 0.650. The molecule has 1 heterocycles. The molecule has 0 bridgehead atoms. The fourth-order valence-corrected chi connectivity index (χ4v) is 2.15. The van der Waals surface area contributed by atoms with Crippen LogP contribution >= 0.6 is 0 Å². The Kier molecular flexibility index (Phi) is 5.81. The van der Waals surface area contributed by atoms with Crippen molar-refractivity contribution in [3.8, 4) is 5.75 Å². The first-order valence-electron chi connectivity index (χ1n) is 7.54. The fourth-order valence-electron chi connectivity index (χ4n) is 2.15. The lowest BCUT2D eigenvalue weighted by molar-refractivity contribution is 0.296. The molecule has 1 aromatic heterocycles. The molecule has 0 fully saturated rings. The first kappa shape index (κ1) is 15.6. The van der Waals surface area contributed by atoms with Gasteiger partial charge in [-0.2, -0.15) is 0 Å². The molecule has 2 rings (SSSR count). The van der Waals surface area contributed by atoms with Gasteiger partial charge in [0, 0.05) is 12.7 Å². The number of aromatic nitrogens is 2. The van der Waals surface area contributed by atoms with Gasteiger partial charge in [0.15, 0.2) is 0 Å². The highest BCUT2D eigenvalue weighted by Crippen LogP contribution is 2.12. The Bertz CT molecular complexity index is 548. The van der Waals surface area contributed by atoms with Crippen LogP contribution in [0.4, 0.5) is 0 Å². The maximum Gasteiger partial charge on any atom is 0.119 e. The summed E-state index contributed by atoms with van der Waals surface area (Å²) in [5.74, 6) is 1.58. The van der Waals surface area contributed by atoms with Gasteiger partial charge in [0.1, 0.15) is 12.4 Å². The predicted octanol–water partition coefficient (Wildman–Crippen LogP) is 3.02. The molecule has 0 aliphatic rings. The monoisotopic (exact) mass is 287 g/mol. The van der Waals surface area contributed by atoms with Crippen LogP contribution in [0.2, 0.25) is 0 Å². The Morgan fingerprint density at radius 2 is 2.19 bits per heavy atom. The summed E-state index contributed by atoms with van der Waals surface area (Å²) in [4.78, 5) is 4.23. The van der Waals surface area contributed by atoms with Gasteiger partial charge < -0.3 is 14.6 Å². The first-order chi connectivity index (χ1) is 10.1. The molecule has 4 heteroatoms. The van der Waals surface area contributed by atoms with Crippen molar-refractivity contribution >= 4 is 0 Å². The van der Waals surface area contributed by atoms with Crippen LogP contribution in [0.5, 0.6) is 5.75 Å². The van der Waals surface area contributed by atoms with Crippen molar-refractivity contribution in [1.29, 1.82) is 0 Å². The molecule has 2 aromatic rings. The van der Waals surface area contributed by atoms with E-state index in [0.29, 0.717) is 12.5 Å². The number of imidazole rings is 1. The number of ether oxygens (including phenoxy) is 1. The minimum Gasteiger partial charge on any atom is -0.492 e. The number of aryl methyl sites for hydroxylation is 1. The zero-order valence-corrected chi connectivity index (χ0v) is 13.2. The Balaban J connectivity index is 1.79. The number of nitrogens with zero attached hydrogens (tertiary/aromatic N) is 2. The second-order valence-electron chi connectivity index (χ2n) is 5.77. The van der Waals surface area contributed by atoms with Gasteiger partial charge in [0.2, 0.25) is 0 Å². The van der Waals surface area contributed by atoms with Crippen LogP contribution < -0.4 is 10.1 Å². The average molecular weight is 287 g/mol. The maximum atomic E-state index is 5.79. The summed E-state index contributed by atoms with van der Waals surface area (Å²) >= 11 is 0. The highest BCUT2D eigenvalue weighted by Gasteiger charge is 2.03. The molecule has 0 saturated heterocycles. The topological polar surface area (TPSA) is 39.1 Å². The van der Waals surface area contributed by atoms with Gasteiger partial charge in [-0.05, 0) is 37.1 Å². The van der Waals surface area contributed by atoms with Gasteiger partial charge in [-0.3, -0.25) is 0 Å². The second-order valence-corrected chi connectivity index (χ2v) is 5.77. The molecule has 4 nitrogen and oxygen atoms in total. The lowest BCUT2D eigenvalue weighted by Gasteiger charge is -2.11. The summed E-state index contributed by atoms with van der Waals surface area (Å²) in [7, 11) is 0. The van der Waals surface area contributed by atoms with Crippen LogP contribution in [0.3, 0.4) is 0 Å². The van der Waals surface area contributed by atoms with E-state index in [9.17, 15) is 0 Å². The quantitative estimate of drug-likeness (QED) is 0.811. The molecule has 0 aliphatic heterocycles. The van der Waals surface area contributed by atoms with Gasteiger partial charge in [0.25, 0.3) is 0 Å². The minimum atomic E-state index is 0.650. The third-order valence-electron chi connectivity index (χ3n) is 3.25. The van der Waals surface area contributed by atoms with E-state index in [-0.39, 0.29) is 0 Å². The molecule has 0 radical (unpaired) electrons. The third-order valence-corrected chi connectivity index (χ3v) is 3.25. The summed E-state index contributed by atoms with van der Waals surface area (Å²) in [5, 5.41) is 3.44. The smallest absolute Gasteiger partial charge is 0.119 e. The fraction of sp³-hybridized carbons (Fsp3) is 0.471. The van der Waals surface area contributed by atoms with E-state index >= 15 is 0 Å². The molecule has 0 saturated carbocycles. The molecule has 0 unspecified atom stereocenters. The van der Waals surface area contributed by atoms with Crippen molar-refractivity contribution in [3.63, 3.8) is 0 Å². The maximum absolute atomic E-state index is 5.79. The largest absolute Gasteiger partial charge is 0.492 e. The third kappa shape index (κ3) is 5.23. The van der Waals surface area contributed by atoms with Crippen LogP contribution in [-0.2, 0) is 13.1 Å². The molecule has 0 aliphatic carbocycles. The molecule has 0 spiro atoms. The van der Waals surface area contributed by atoms with Gasteiger partial charge >= 0.3 is 0 Å². The predicted molar refractivity (Wildman–Crippen MR) is 85.4 cm³/mol. The van der Waals surface area contributed by atoms with Crippen molar-refractivity contribution in [3.05, 3.63) is 48.0 Å². The van der Waals surface area contributed by atoms with E-state index in [1.54, 1.807) is 0 Å². The van der Waals surface area contributed by atoms with Crippen molar-refractivity contribution in [2.75, 3.05) is 13.2 Å². The van der Waals surface area contributed by atoms with E-state index in [4.69, 9.17) is 4.74 Å². The number of rotatable bonds is 8. The Hall–Kier alpha value is -1.81. The zero-order chi connectivity index (χ0) is 15.1. The molecular weight excluding hydrogens is 262 g/mol. The van der Waals surface area contributed by atoms with Crippen molar-refractivity contribution in [2.24, 2.45) is 5.92 Å². The Morgan fingerprint density at radius 1 is 1.33 bits per heavy atom. The van der Waals surface area contributed by atoms with E-state index < -0.39 is 0 Å². The lowest BCUT2D eigenvalue weighted by atomic mass is 10.2. The van der Waals surface area contributed by atoms with Crippen LogP contribution in [0.15, 0.2) is 36.8 Å². The summed E-state index contributed by atoms with van der Waals surface area (Å²) in [6, 6.07) is 8.13. The number of hydrogen-bond donors (Lipinski definition) is 1. The van der Waals surface area contributed by atoms with Crippen LogP contribution in [-0.4, -0.2) is 22.7 Å². The molecular formula is C17H25N3O. The summed E-state index contributed by atoms with van der Waals surface area (Å²) < 4.78 is 7.93. The van der Waals surface area contributed by atoms with Crippen LogP contribution in [0, 0.1) is 12.8 Å². The molecule has 114 valence electrons. The molecule has 21 heavy (non-hydrogen) atoms. The molecule has 1 N–H and O–H groups in total. The summed E-state index contributed by atoms with van der Waals surface area (Å²) in [6.45, 7) is 9.82. The standard InChI is InChI=1S/C17H25N3O/c1-14(2)10-18-11-16-12-19-13-20(16)7-8-21-17-6-4-5-15(3)9-17/h4-6,9,12-14,18H,7-8,10-11H2,1-3H3. The van der Waals surface area contributed by atoms with E-state index in [1.807, 2.05) is 24.7 Å². The van der Waals surface area contributed by atoms with Gasteiger partial charge in [-0.15, -0.1) is 0 Å². The molecule has 0 atom stereocenters. The van der Waals surface area contributed by atoms with Crippen LogP contribution in [0.1, 0.15) is 25.1 Å². The van der Waals surface area contributed by atoms with Crippen molar-refractivity contribution in [2.45, 2.75) is 33.9 Å². The van der Waals surface area contributed by atoms with E-state index in [2.05, 4.69) is 47.8 Å². The van der Waals surface area contributed by atoms with Gasteiger partial charge in [-0.25, -0.2) is 4.98 Å². The Morgan fingerprint density at radius 3 is 2.95 bits per heavy atom. The summed E-state index contributed by atoms with van der Waals surface area (Å²) in [5.41, 5.74) is 2.41. The average Bonchev–Trinajstić information content (AvgIpc) is 2.86. The normalized spacial score (nSPS) is 11.0. The molecule has 0 amide bonds. The number of nitrogens with one attached hydrogen (secondary N) is 1. The van der Waals surface area contributed by atoms with Crippen molar-refractivity contribution < 1.29 is 4.74 Å². The first-order valence-corrected chi connectivity index (χ1v) is 7.54. The van der Waals surface area contributed by atoms with E-state index in [0.717, 1.165) is 25.4 Å². The zero-order valence-electron chi connectivity index (χ0n) is 13.2. The second kappa shape index (κ2) is 7.84. The Labute approximate surface area is 127 Å². The SMILES string of the molecule is Cc1cccc(OCCn2cncc2CNCC(C)C)c1. The lowest BCUT2D eigenvalue weighted by Crippen LogP contribution is -2.21. The number of benzene rings is 1. The van der Waals surface area contributed by atoms with Crippen molar-refractivity contribution in [1.82, 2.24) is 14.9 Å². The van der Waals surface area contributed by atoms with Crippen LogP contribution in [0.25, 0.3) is 0 Å². The highest BCUT2D eigenvalue weighted by molar-refractivity contribution is 5.27. The highest BCUT2D eigenvalue weighted by atomic mass is 16.5. The number of hydrogen-bond acceptors (Lipinski definition) is 3. The summed E-state index contributed by atoms with van der Waals surface area (Å²) in [6.07, 6.45) is 3.78. The van der Waals surface area contributed by atoms with E-state index in [1.165, 1.54) is 11.3 Å². The van der Waals surface area contributed by atoms with Gasteiger partial charge in [0.05, 0.1) is 18.6 Å². The van der Waals surface area contributed by atoms with Gasteiger partial charge in [-0.1, -0.05) is 26.0 Å².